The molecular weight excluding hydrogens is 404 g/mol. The molecule has 3 aliphatic carbocycles. The number of likely N-dealkylation sites (N-methyl/N-ethyl adjacent to an activating group) is 1. The molecule has 5 rings (SSSR count). The van der Waals surface area contributed by atoms with Crippen LogP contribution in [0.25, 0.3) is 0 Å². The summed E-state index contributed by atoms with van der Waals surface area (Å²) in [5.41, 5.74) is 0.793. The second kappa shape index (κ2) is 8.28. The summed E-state index contributed by atoms with van der Waals surface area (Å²) in [5, 5.41) is 3.30. The van der Waals surface area contributed by atoms with E-state index in [2.05, 4.69) is 29.4 Å². The van der Waals surface area contributed by atoms with E-state index >= 15 is 0 Å². The number of carbonyl (C=O) groups excluding carboxylic acids is 2. The van der Waals surface area contributed by atoms with E-state index in [-0.39, 0.29) is 24.0 Å². The summed E-state index contributed by atoms with van der Waals surface area (Å²) in [6.45, 7) is 0. The molecule has 3 fully saturated rings. The molecule has 32 heavy (non-hydrogen) atoms. The normalized spacial score (nSPS) is 30.8. The van der Waals surface area contributed by atoms with Gasteiger partial charge in [-0.15, -0.1) is 0 Å². The maximum atomic E-state index is 12.7. The Kier molecular flexibility index (Phi) is 5.45. The van der Waals surface area contributed by atoms with Crippen LogP contribution in [0.1, 0.15) is 25.7 Å². The van der Waals surface area contributed by atoms with E-state index in [1.54, 1.807) is 7.05 Å². The minimum absolute atomic E-state index is 0.0473. The molecule has 2 saturated carbocycles. The number of carbonyl (C=O) groups is 2. The summed E-state index contributed by atoms with van der Waals surface area (Å²) in [7, 11) is 5.77. The molecule has 5 unspecified atom stereocenters. The fourth-order valence-corrected chi connectivity index (χ4v) is 5.71. The van der Waals surface area contributed by atoms with Gasteiger partial charge in [-0.05, 0) is 62.9 Å². The number of likely N-dealkylation sites (tertiary alicyclic amines) is 1. The van der Waals surface area contributed by atoms with Gasteiger partial charge in [0.2, 0.25) is 0 Å². The van der Waals surface area contributed by atoms with Gasteiger partial charge in [-0.3, -0.25) is 9.80 Å². The molecule has 0 bridgehead atoms. The largest absolute Gasteiger partial charge is 0.419 e. The van der Waals surface area contributed by atoms with Crippen LogP contribution in [0.5, 0.6) is 0 Å². The van der Waals surface area contributed by atoms with Crippen molar-refractivity contribution < 1.29 is 14.3 Å². The molecule has 1 aromatic carbocycles. The number of para-hydroxylation sites is 1. The lowest BCUT2D eigenvalue weighted by atomic mass is 9.85. The van der Waals surface area contributed by atoms with Gasteiger partial charge in [-0.1, -0.05) is 24.3 Å². The highest BCUT2D eigenvalue weighted by molar-refractivity contribution is 5.87. The third-order valence-electron chi connectivity index (χ3n) is 7.65. The van der Waals surface area contributed by atoms with Crippen molar-refractivity contribution >= 4 is 17.8 Å². The van der Waals surface area contributed by atoms with Crippen LogP contribution in [0.3, 0.4) is 0 Å². The molecule has 4 aliphatic rings. The van der Waals surface area contributed by atoms with Crippen molar-refractivity contribution in [3.8, 4) is 0 Å². The van der Waals surface area contributed by atoms with Crippen molar-refractivity contribution in [3.63, 3.8) is 0 Å². The Morgan fingerprint density at radius 1 is 1.09 bits per heavy atom. The van der Waals surface area contributed by atoms with E-state index in [9.17, 15) is 9.59 Å². The van der Waals surface area contributed by atoms with Crippen molar-refractivity contribution in [3.05, 3.63) is 54.3 Å². The SMILES string of the molecule is CN(C(=O)OC1=CC2C3CCC(NC(=O)N(C)C4CC4)C3N(C)C2C=C1)c1ccccc1. The molecule has 170 valence electrons. The van der Waals surface area contributed by atoms with E-state index in [0.717, 1.165) is 31.4 Å². The maximum Gasteiger partial charge on any atom is 0.419 e. The summed E-state index contributed by atoms with van der Waals surface area (Å²) < 4.78 is 5.72. The topological polar surface area (TPSA) is 65.1 Å². The number of rotatable bonds is 4. The molecule has 1 aliphatic heterocycles. The van der Waals surface area contributed by atoms with Crippen LogP contribution in [-0.4, -0.2) is 67.2 Å². The zero-order chi connectivity index (χ0) is 22.4. The van der Waals surface area contributed by atoms with Crippen molar-refractivity contribution in [2.24, 2.45) is 11.8 Å². The average Bonchev–Trinajstić information content (AvgIpc) is 3.52. The van der Waals surface area contributed by atoms with Crippen LogP contribution < -0.4 is 10.2 Å². The molecule has 0 spiro atoms. The molecular formula is C25H32N4O3. The van der Waals surface area contributed by atoms with Gasteiger partial charge in [0, 0.05) is 49.9 Å². The Morgan fingerprint density at radius 2 is 1.84 bits per heavy atom. The van der Waals surface area contributed by atoms with E-state index in [0.29, 0.717) is 23.8 Å². The number of amides is 3. The Balaban J connectivity index is 1.25. The van der Waals surface area contributed by atoms with Gasteiger partial charge in [-0.25, -0.2) is 9.59 Å². The molecule has 0 radical (unpaired) electrons. The van der Waals surface area contributed by atoms with Crippen molar-refractivity contribution in [2.75, 3.05) is 26.0 Å². The summed E-state index contributed by atoms with van der Waals surface area (Å²) in [6.07, 6.45) is 10.0. The number of anilines is 1. The smallest absolute Gasteiger partial charge is 0.410 e. The van der Waals surface area contributed by atoms with E-state index in [4.69, 9.17) is 4.74 Å². The summed E-state index contributed by atoms with van der Waals surface area (Å²) >= 11 is 0. The fourth-order valence-electron chi connectivity index (χ4n) is 5.71. The predicted octanol–water partition coefficient (Wildman–Crippen LogP) is 3.59. The lowest BCUT2D eigenvalue weighted by Gasteiger charge is -2.31. The van der Waals surface area contributed by atoms with Gasteiger partial charge < -0.3 is 15.0 Å². The number of benzene rings is 1. The standard InChI is InChI=1S/C25H32N4O3/c1-27(17-9-10-17)24(30)26-21-13-12-19-20-15-18(11-14-22(20)29(3)23(19)21)32-25(31)28(2)16-7-5-4-6-8-16/h4-8,11,14-15,17,19-23H,9-10,12-13H2,1-3H3,(H,26,30). The highest BCUT2D eigenvalue weighted by atomic mass is 16.6. The number of fused-ring (bicyclic) bond motifs is 3. The lowest BCUT2D eigenvalue weighted by Crippen LogP contribution is -2.51. The van der Waals surface area contributed by atoms with Crippen molar-refractivity contribution in [1.29, 1.82) is 0 Å². The van der Waals surface area contributed by atoms with Crippen molar-refractivity contribution in [2.45, 2.75) is 49.9 Å². The predicted molar refractivity (Wildman–Crippen MR) is 123 cm³/mol. The van der Waals surface area contributed by atoms with Gasteiger partial charge in [0.25, 0.3) is 0 Å². The quantitative estimate of drug-likeness (QED) is 0.783. The van der Waals surface area contributed by atoms with Gasteiger partial charge in [0.05, 0.1) is 0 Å². The second-order valence-electron chi connectivity index (χ2n) is 9.55. The number of nitrogens with zero attached hydrogens (tertiary/aromatic N) is 3. The zero-order valence-electron chi connectivity index (χ0n) is 19.0. The van der Waals surface area contributed by atoms with E-state index < -0.39 is 6.09 Å². The number of nitrogens with one attached hydrogen (secondary N) is 1. The minimum atomic E-state index is -0.395. The number of urea groups is 1. The van der Waals surface area contributed by atoms with E-state index in [1.807, 2.05) is 48.4 Å². The Bertz CT molecular complexity index is 942. The number of hydrogen-bond acceptors (Lipinski definition) is 4. The van der Waals surface area contributed by atoms with Crippen LogP contribution in [0, 0.1) is 11.8 Å². The third kappa shape index (κ3) is 3.79. The maximum absolute atomic E-state index is 12.7. The van der Waals surface area contributed by atoms with Crippen LogP contribution >= 0.6 is 0 Å². The molecule has 0 aromatic heterocycles. The first kappa shape index (κ1) is 21.1. The number of hydrogen-bond donors (Lipinski definition) is 1. The van der Waals surface area contributed by atoms with Crippen LogP contribution in [0.4, 0.5) is 15.3 Å². The first-order valence-corrected chi connectivity index (χ1v) is 11.6. The Morgan fingerprint density at radius 3 is 2.56 bits per heavy atom. The second-order valence-corrected chi connectivity index (χ2v) is 9.55. The molecule has 1 heterocycles. The highest BCUT2D eigenvalue weighted by Crippen LogP contribution is 2.47. The van der Waals surface area contributed by atoms with Gasteiger partial charge >= 0.3 is 12.1 Å². The molecule has 5 atom stereocenters. The molecule has 7 nitrogen and oxygen atoms in total. The molecule has 1 saturated heterocycles. The summed E-state index contributed by atoms with van der Waals surface area (Å²) in [6, 6.07) is 10.7. The number of allylic oxidation sites excluding steroid dienone is 1. The Labute approximate surface area is 189 Å². The summed E-state index contributed by atoms with van der Waals surface area (Å²) in [5.74, 6) is 1.32. The van der Waals surface area contributed by atoms with Gasteiger partial charge in [0.15, 0.2) is 0 Å². The van der Waals surface area contributed by atoms with Gasteiger partial charge in [-0.2, -0.15) is 0 Å². The number of ether oxygens (including phenoxy) is 1. The first-order valence-electron chi connectivity index (χ1n) is 11.6. The third-order valence-corrected chi connectivity index (χ3v) is 7.65. The molecule has 7 heteroatoms. The van der Waals surface area contributed by atoms with Gasteiger partial charge in [0.1, 0.15) is 5.76 Å². The lowest BCUT2D eigenvalue weighted by molar-refractivity contribution is 0.183. The Hall–Kier alpha value is -2.80. The molecule has 1 aromatic rings. The van der Waals surface area contributed by atoms with Crippen LogP contribution in [0.2, 0.25) is 0 Å². The summed E-state index contributed by atoms with van der Waals surface area (Å²) in [4.78, 5) is 31.1. The first-order chi connectivity index (χ1) is 15.4. The average molecular weight is 437 g/mol. The minimum Gasteiger partial charge on any atom is -0.410 e. The zero-order valence-corrected chi connectivity index (χ0v) is 19.0. The van der Waals surface area contributed by atoms with Crippen LogP contribution in [-0.2, 0) is 4.74 Å². The fraction of sp³-hybridized carbons (Fsp3) is 0.520. The van der Waals surface area contributed by atoms with Crippen molar-refractivity contribution in [1.82, 2.24) is 15.1 Å². The highest BCUT2D eigenvalue weighted by Gasteiger charge is 2.53. The van der Waals surface area contributed by atoms with Crippen LogP contribution in [0.15, 0.2) is 54.3 Å². The molecule has 1 N–H and O–H groups in total. The van der Waals surface area contributed by atoms with E-state index in [1.165, 1.54) is 4.90 Å². The molecule has 3 amide bonds. The monoisotopic (exact) mass is 436 g/mol.